The highest BCUT2D eigenvalue weighted by atomic mass is 79.9. The zero-order valence-corrected chi connectivity index (χ0v) is 12.4. The van der Waals surface area contributed by atoms with Crippen LogP contribution in [0.2, 0.25) is 0 Å². The lowest BCUT2D eigenvalue weighted by Gasteiger charge is -2.42. The molecule has 2 nitrogen and oxygen atoms in total. The van der Waals surface area contributed by atoms with Crippen molar-refractivity contribution in [2.24, 2.45) is 0 Å². The summed E-state index contributed by atoms with van der Waals surface area (Å²) >= 11 is 2.77. The second kappa shape index (κ2) is 4.69. The van der Waals surface area contributed by atoms with Crippen molar-refractivity contribution in [3.63, 3.8) is 0 Å². The highest BCUT2D eigenvalue weighted by Crippen LogP contribution is 2.48. The van der Waals surface area contributed by atoms with Crippen LogP contribution in [0.4, 0.5) is 32.0 Å². The predicted octanol–water partition coefficient (Wildman–Crippen LogP) is 4.97. The van der Waals surface area contributed by atoms with Crippen LogP contribution in [-0.4, -0.2) is 18.4 Å². The maximum atomic E-state index is 13.1. The van der Waals surface area contributed by atoms with Crippen molar-refractivity contribution in [3.05, 3.63) is 22.2 Å². The fourth-order valence-electron chi connectivity index (χ4n) is 2.08. The van der Waals surface area contributed by atoms with E-state index in [9.17, 15) is 26.3 Å². The molecule has 0 radical (unpaired) electrons. The third-order valence-electron chi connectivity index (χ3n) is 2.86. The van der Waals surface area contributed by atoms with E-state index < -0.39 is 41.6 Å². The van der Waals surface area contributed by atoms with Gasteiger partial charge in [-0.25, -0.2) is 0 Å². The third kappa shape index (κ3) is 3.22. The Morgan fingerprint density at radius 1 is 1.14 bits per heavy atom. The summed E-state index contributed by atoms with van der Waals surface area (Å²) < 4.78 is 82.5. The number of hydrogen-bond acceptors (Lipinski definition) is 2. The Labute approximate surface area is 124 Å². The molecule has 1 aliphatic heterocycles. The van der Waals surface area contributed by atoms with Gasteiger partial charge in [-0.1, -0.05) is 0 Å². The second-order valence-corrected chi connectivity index (χ2v) is 6.07. The summed E-state index contributed by atoms with van der Waals surface area (Å²) in [4.78, 5) is 0.0794. The van der Waals surface area contributed by atoms with Crippen LogP contribution in [0.5, 0.6) is 5.75 Å². The number of nitrogens with zero attached hydrogens (tertiary/aromatic N) is 1. The van der Waals surface area contributed by atoms with E-state index in [1.54, 1.807) is 0 Å². The zero-order chi connectivity index (χ0) is 16.2. The number of hydrogen-bond donors (Lipinski definition) is 0. The number of ether oxygens (including phenoxy) is 1. The van der Waals surface area contributed by atoms with Gasteiger partial charge in [0.05, 0.1) is 12.1 Å². The first-order chi connectivity index (χ1) is 9.31. The molecule has 0 unspecified atom stereocenters. The molecule has 2 rings (SSSR count). The van der Waals surface area contributed by atoms with Crippen molar-refractivity contribution >= 4 is 21.6 Å². The van der Waals surface area contributed by atoms with Crippen LogP contribution in [0.3, 0.4) is 0 Å². The minimum atomic E-state index is -4.72. The molecule has 1 heterocycles. The van der Waals surface area contributed by atoms with Gasteiger partial charge in [0, 0.05) is 4.47 Å². The van der Waals surface area contributed by atoms with Crippen molar-refractivity contribution in [2.75, 3.05) is 11.4 Å². The highest BCUT2D eigenvalue weighted by molar-refractivity contribution is 9.10. The van der Waals surface area contributed by atoms with Gasteiger partial charge in [0.25, 0.3) is 0 Å². The molecule has 0 saturated heterocycles. The van der Waals surface area contributed by atoms with Crippen LogP contribution in [0.1, 0.15) is 19.4 Å². The molecule has 0 aromatic heterocycles. The van der Waals surface area contributed by atoms with Crippen LogP contribution < -0.4 is 9.64 Å². The van der Waals surface area contributed by atoms with Gasteiger partial charge in [0.15, 0.2) is 0 Å². The number of benzene rings is 1. The summed E-state index contributed by atoms with van der Waals surface area (Å²) in [5.41, 5.74) is -2.80. The van der Waals surface area contributed by atoms with E-state index in [0.29, 0.717) is 12.1 Å². The minimum absolute atomic E-state index is 0.0794. The minimum Gasteiger partial charge on any atom is -0.484 e. The van der Waals surface area contributed by atoms with Crippen LogP contribution in [0.25, 0.3) is 0 Å². The molecule has 0 bridgehead atoms. The van der Waals surface area contributed by atoms with Crippen molar-refractivity contribution in [1.82, 2.24) is 0 Å². The first-order valence-electron chi connectivity index (χ1n) is 5.75. The molecular weight excluding hydrogens is 368 g/mol. The summed E-state index contributed by atoms with van der Waals surface area (Å²) in [6.07, 6.45) is -9.40. The van der Waals surface area contributed by atoms with Crippen molar-refractivity contribution in [3.8, 4) is 5.75 Å². The van der Waals surface area contributed by atoms with Crippen molar-refractivity contribution in [2.45, 2.75) is 31.9 Å². The van der Waals surface area contributed by atoms with Crippen LogP contribution in [0.15, 0.2) is 16.6 Å². The summed E-state index contributed by atoms with van der Waals surface area (Å²) in [5, 5.41) is 0. The van der Waals surface area contributed by atoms with Gasteiger partial charge in [0.2, 0.25) is 0 Å². The normalized spacial score (nSPS) is 18.2. The maximum absolute atomic E-state index is 13.1. The van der Waals surface area contributed by atoms with Crippen molar-refractivity contribution in [1.29, 1.82) is 0 Å². The topological polar surface area (TPSA) is 12.5 Å². The molecule has 1 aromatic carbocycles. The molecule has 0 spiro atoms. The molecule has 1 aromatic rings. The average Bonchev–Trinajstić information content (AvgIpc) is 2.23. The Morgan fingerprint density at radius 3 is 2.19 bits per heavy atom. The van der Waals surface area contributed by atoms with Gasteiger partial charge in [-0.2, -0.15) is 26.3 Å². The van der Waals surface area contributed by atoms with E-state index in [4.69, 9.17) is 4.74 Å². The number of fused-ring (bicyclic) bond motifs is 1. The maximum Gasteiger partial charge on any atom is 0.485 e. The van der Waals surface area contributed by atoms with Crippen LogP contribution in [0, 0.1) is 0 Å². The molecule has 118 valence electrons. The van der Waals surface area contributed by atoms with E-state index in [-0.39, 0.29) is 9.37 Å². The molecule has 21 heavy (non-hydrogen) atoms. The number of halogens is 7. The summed E-state index contributed by atoms with van der Waals surface area (Å²) in [5.74, 6) is -0.453. The Kier molecular flexibility index (Phi) is 3.63. The lowest BCUT2D eigenvalue weighted by Crippen LogP contribution is -2.52. The van der Waals surface area contributed by atoms with Gasteiger partial charge in [-0.05, 0) is 41.9 Å². The van der Waals surface area contributed by atoms with Crippen LogP contribution in [-0.2, 0) is 6.18 Å². The average molecular weight is 378 g/mol. The monoisotopic (exact) mass is 377 g/mol. The SMILES string of the molecule is CC1(C)CN(C(F)(F)F)c2c(Br)cc(C(F)(F)F)cc2O1. The molecule has 0 N–H and O–H groups in total. The Morgan fingerprint density at radius 2 is 1.71 bits per heavy atom. The van der Waals surface area contributed by atoms with Gasteiger partial charge < -0.3 is 4.74 Å². The van der Waals surface area contributed by atoms with E-state index in [1.165, 1.54) is 13.8 Å². The summed E-state index contributed by atoms with van der Waals surface area (Å²) in [6.45, 7) is 2.24. The molecule has 0 fully saturated rings. The van der Waals surface area contributed by atoms with E-state index in [2.05, 4.69) is 15.9 Å². The smallest absolute Gasteiger partial charge is 0.484 e. The first-order valence-corrected chi connectivity index (χ1v) is 6.55. The highest BCUT2D eigenvalue weighted by Gasteiger charge is 2.47. The van der Waals surface area contributed by atoms with E-state index in [1.807, 2.05) is 0 Å². The lowest BCUT2D eigenvalue weighted by atomic mass is 10.0. The molecular formula is C12H10BrF6NO. The van der Waals surface area contributed by atoms with Gasteiger partial charge in [-0.3, -0.25) is 4.90 Å². The van der Waals surface area contributed by atoms with Crippen molar-refractivity contribution < 1.29 is 31.1 Å². The number of anilines is 1. The van der Waals surface area contributed by atoms with E-state index in [0.717, 1.165) is 0 Å². The molecule has 0 atom stereocenters. The third-order valence-corrected chi connectivity index (χ3v) is 3.46. The molecule has 0 aliphatic carbocycles. The van der Waals surface area contributed by atoms with Gasteiger partial charge in [0.1, 0.15) is 17.0 Å². The summed E-state index contributed by atoms with van der Waals surface area (Å²) in [6, 6.07) is 1.19. The first kappa shape index (κ1) is 16.3. The second-order valence-electron chi connectivity index (χ2n) is 5.22. The Balaban J connectivity index is 2.64. The van der Waals surface area contributed by atoms with Crippen LogP contribution >= 0.6 is 15.9 Å². The predicted molar refractivity (Wildman–Crippen MR) is 67.3 cm³/mol. The Hall–Kier alpha value is -1.12. The molecule has 0 saturated carbocycles. The lowest BCUT2D eigenvalue weighted by molar-refractivity contribution is -0.139. The van der Waals surface area contributed by atoms with E-state index >= 15 is 0 Å². The Bertz CT molecular complexity index is 566. The molecule has 9 heteroatoms. The number of rotatable bonds is 0. The standard InChI is InChI=1S/C12H10BrF6NO/c1-10(2)5-20(12(17,18)19)9-7(13)3-6(11(14,15)16)4-8(9)21-10/h3-4H,5H2,1-2H3. The molecule has 0 amide bonds. The zero-order valence-electron chi connectivity index (χ0n) is 10.9. The van der Waals surface area contributed by atoms with Gasteiger partial charge in [-0.15, -0.1) is 0 Å². The summed E-state index contributed by atoms with van der Waals surface area (Å²) in [7, 11) is 0. The fourth-order valence-corrected chi connectivity index (χ4v) is 2.74. The largest absolute Gasteiger partial charge is 0.485 e. The quantitative estimate of drug-likeness (QED) is 0.467. The fraction of sp³-hybridized carbons (Fsp3) is 0.500. The number of alkyl halides is 6. The molecule has 1 aliphatic rings. The van der Waals surface area contributed by atoms with Gasteiger partial charge >= 0.3 is 12.5 Å².